The molecule has 7 heteroatoms. The standard InChI is InChI=1S/C21H23NO5S/c1-4-27-21(23)14-17-13-20(16-7-9-18(26-3)10-8-16)22(17)28(24,25)19-11-5-15(2)6-12-19/h5-12,14,20H,4,13H2,1-3H3/b17-14+. The molecule has 0 aliphatic carbocycles. The maximum Gasteiger partial charge on any atom is 0.332 e. The highest BCUT2D eigenvalue weighted by Gasteiger charge is 2.43. The molecule has 1 saturated heterocycles. The Morgan fingerprint density at radius 3 is 2.36 bits per heavy atom. The van der Waals surface area contributed by atoms with E-state index in [0.29, 0.717) is 17.9 Å². The largest absolute Gasteiger partial charge is 0.497 e. The fourth-order valence-corrected chi connectivity index (χ4v) is 4.80. The van der Waals surface area contributed by atoms with Crippen LogP contribution in [0.1, 0.15) is 30.5 Å². The molecule has 0 saturated carbocycles. The first-order chi connectivity index (χ1) is 13.4. The second kappa shape index (κ2) is 8.06. The second-order valence-corrected chi connectivity index (χ2v) is 8.31. The maximum absolute atomic E-state index is 13.3. The number of methoxy groups -OCH3 is 1. The van der Waals surface area contributed by atoms with Crippen LogP contribution in [0.4, 0.5) is 0 Å². The summed E-state index contributed by atoms with van der Waals surface area (Å²) in [5.74, 6) is 0.146. The van der Waals surface area contributed by atoms with E-state index >= 15 is 0 Å². The first kappa shape index (κ1) is 19.9. The van der Waals surface area contributed by atoms with Crippen molar-refractivity contribution in [2.75, 3.05) is 13.7 Å². The summed E-state index contributed by atoms with van der Waals surface area (Å²) in [6, 6.07) is 13.5. The van der Waals surface area contributed by atoms with E-state index in [1.807, 2.05) is 19.1 Å². The Labute approximate surface area is 165 Å². The van der Waals surface area contributed by atoms with Crippen LogP contribution in [-0.4, -0.2) is 32.4 Å². The minimum atomic E-state index is -3.82. The number of benzene rings is 2. The lowest BCUT2D eigenvalue weighted by molar-refractivity contribution is -0.137. The highest BCUT2D eigenvalue weighted by atomic mass is 32.2. The molecule has 1 unspecified atom stereocenters. The minimum Gasteiger partial charge on any atom is -0.497 e. The van der Waals surface area contributed by atoms with E-state index in [9.17, 15) is 13.2 Å². The second-order valence-electron chi connectivity index (χ2n) is 6.49. The third kappa shape index (κ3) is 3.89. The molecule has 148 valence electrons. The molecule has 1 heterocycles. The van der Waals surface area contributed by atoms with E-state index in [4.69, 9.17) is 9.47 Å². The lowest BCUT2D eigenvalue weighted by atomic mass is 9.94. The van der Waals surface area contributed by atoms with Gasteiger partial charge in [0.2, 0.25) is 0 Å². The normalized spacial score (nSPS) is 17.9. The van der Waals surface area contributed by atoms with Gasteiger partial charge in [0.15, 0.2) is 0 Å². The first-order valence-electron chi connectivity index (χ1n) is 8.99. The molecule has 0 radical (unpaired) electrons. The van der Waals surface area contributed by atoms with Gasteiger partial charge in [-0.25, -0.2) is 13.2 Å². The fourth-order valence-electron chi connectivity index (χ4n) is 3.13. The van der Waals surface area contributed by atoms with Crippen LogP contribution >= 0.6 is 0 Å². The SMILES string of the molecule is CCOC(=O)/C=C1\CC(c2ccc(OC)cc2)N1S(=O)(=O)c1ccc(C)cc1. The van der Waals surface area contributed by atoms with E-state index in [2.05, 4.69) is 0 Å². The van der Waals surface area contributed by atoms with Gasteiger partial charge in [0.1, 0.15) is 5.75 Å². The lowest BCUT2D eigenvalue weighted by Crippen LogP contribution is -2.43. The van der Waals surface area contributed by atoms with Gasteiger partial charge in [-0.3, -0.25) is 4.31 Å². The van der Waals surface area contributed by atoms with Crippen molar-refractivity contribution in [1.82, 2.24) is 4.31 Å². The van der Waals surface area contributed by atoms with E-state index in [1.165, 1.54) is 10.4 Å². The van der Waals surface area contributed by atoms with Gasteiger partial charge in [0, 0.05) is 18.2 Å². The number of carbonyl (C=O) groups is 1. The van der Waals surface area contributed by atoms with Crippen LogP contribution in [0.25, 0.3) is 0 Å². The monoisotopic (exact) mass is 401 g/mol. The summed E-state index contributed by atoms with van der Waals surface area (Å²) in [7, 11) is -2.24. The average Bonchev–Trinajstić information content (AvgIpc) is 2.65. The van der Waals surface area contributed by atoms with Gasteiger partial charge in [-0.15, -0.1) is 0 Å². The molecular weight excluding hydrogens is 378 g/mol. The van der Waals surface area contributed by atoms with Gasteiger partial charge >= 0.3 is 5.97 Å². The summed E-state index contributed by atoms with van der Waals surface area (Å²) in [6.07, 6.45) is 1.69. The van der Waals surface area contributed by atoms with E-state index in [0.717, 1.165) is 11.1 Å². The Balaban J connectivity index is 1.99. The van der Waals surface area contributed by atoms with Crippen molar-refractivity contribution in [1.29, 1.82) is 0 Å². The van der Waals surface area contributed by atoms with Crippen LogP contribution in [0.5, 0.6) is 5.75 Å². The molecule has 0 aromatic heterocycles. The molecule has 28 heavy (non-hydrogen) atoms. The van der Waals surface area contributed by atoms with E-state index in [-0.39, 0.29) is 11.5 Å². The van der Waals surface area contributed by atoms with Gasteiger partial charge in [0.25, 0.3) is 10.0 Å². The molecule has 1 aliphatic rings. The highest BCUT2D eigenvalue weighted by molar-refractivity contribution is 7.89. The number of nitrogens with zero attached hydrogens (tertiary/aromatic N) is 1. The third-order valence-electron chi connectivity index (χ3n) is 4.62. The molecule has 2 aromatic rings. The lowest BCUT2D eigenvalue weighted by Gasteiger charge is -2.44. The van der Waals surface area contributed by atoms with Crippen LogP contribution < -0.4 is 4.74 Å². The molecular formula is C21H23NO5S. The summed E-state index contributed by atoms with van der Waals surface area (Å²) in [4.78, 5) is 12.1. The van der Waals surface area contributed by atoms with Gasteiger partial charge in [-0.2, -0.15) is 0 Å². The molecule has 2 aromatic carbocycles. The van der Waals surface area contributed by atoms with Crippen molar-refractivity contribution in [2.45, 2.75) is 31.2 Å². The Bertz CT molecular complexity index is 978. The molecule has 1 atom stereocenters. The van der Waals surface area contributed by atoms with Crippen LogP contribution in [0.3, 0.4) is 0 Å². The van der Waals surface area contributed by atoms with Gasteiger partial charge < -0.3 is 9.47 Å². The number of esters is 1. The predicted molar refractivity (Wildman–Crippen MR) is 105 cm³/mol. The van der Waals surface area contributed by atoms with Gasteiger partial charge in [-0.05, 0) is 43.7 Å². The smallest absolute Gasteiger partial charge is 0.332 e. The Kier molecular flexibility index (Phi) is 5.74. The number of sulfonamides is 1. The van der Waals surface area contributed by atoms with Crippen molar-refractivity contribution in [3.63, 3.8) is 0 Å². The quantitative estimate of drug-likeness (QED) is 0.546. The number of rotatable bonds is 6. The fraction of sp³-hybridized carbons (Fsp3) is 0.286. The summed E-state index contributed by atoms with van der Waals surface area (Å²) in [5, 5.41) is 0. The molecule has 0 spiro atoms. The van der Waals surface area contributed by atoms with E-state index < -0.39 is 22.0 Å². The van der Waals surface area contributed by atoms with Gasteiger partial charge in [0.05, 0.1) is 24.7 Å². The number of hydrogen-bond donors (Lipinski definition) is 0. The highest BCUT2D eigenvalue weighted by Crippen LogP contribution is 2.46. The van der Waals surface area contributed by atoms with Crippen LogP contribution in [0.2, 0.25) is 0 Å². The maximum atomic E-state index is 13.3. The average molecular weight is 401 g/mol. The van der Waals surface area contributed by atoms with Crippen molar-refractivity contribution < 1.29 is 22.7 Å². The zero-order valence-corrected chi connectivity index (χ0v) is 16.9. The van der Waals surface area contributed by atoms with Crippen LogP contribution in [-0.2, 0) is 19.6 Å². The molecule has 1 fully saturated rings. The number of ether oxygens (including phenoxy) is 2. The van der Waals surface area contributed by atoms with Crippen molar-refractivity contribution in [3.8, 4) is 5.75 Å². The molecule has 0 bridgehead atoms. The first-order valence-corrected chi connectivity index (χ1v) is 10.4. The summed E-state index contributed by atoms with van der Waals surface area (Å²) >= 11 is 0. The zero-order valence-electron chi connectivity index (χ0n) is 16.1. The topological polar surface area (TPSA) is 72.9 Å². The van der Waals surface area contributed by atoms with E-state index in [1.54, 1.807) is 50.4 Å². The predicted octanol–water partition coefficient (Wildman–Crippen LogP) is 3.59. The number of aryl methyl sites for hydroxylation is 1. The Morgan fingerprint density at radius 1 is 1.14 bits per heavy atom. The van der Waals surface area contributed by atoms with Gasteiger partial charge in [-0.1, -0.05) is 29.8 Å². The minimum absolute atomic E-state index is 0.186. The molecule has 0 amide bonds. The Hall–Kier alpha value is -2.80. The number of hydrogen-bond acceptors (Lipinski definition) is 5. The van der Waals surface area contributed by atoms with Crippen LogP contribution in [0, 0.1) is 6.92 Å². The molecule has 1 aliphatic heterocycles. The summed E-state index contributed by atoms with van der Waals surface area (Å²) < 4.78 is 38.0. The van der Waals surface area contributed by atoms with Crippen LogP contribution in [0.15, 0.2) is 65.2 Å². The number of carbonyl (C=O) groups excluding carboxylic acids is 1. The summed E-state index contributed by atoms with van der Waals surface area (Å²) in [5.41, 5.74) is 2.22. The molecule has 3 rings (SSSR count). The van der Waals surface area contributed by atoms with Crippen molar-refractivity contribution in [3.05, 3.63) is 71.4 Å². The zero-order chi connectivity index (χ0) is 20.3. The molecule has 0 N–H and O–H groups in total. The Morgan fingerprint density at radius 2 is 1.79 bits per heavy atom. The summed E-state index contributed by atoms with van der Waals surface area (Å²) in [6.45, 7) is 3.83. The molecule has 6 nitrogen and oxygen atoms in total. The third-order valence-corrected chi connectivity index (χ3v) is 6.49. The van der Waals surface area contributed by atoms with Crippen molar-refractivity contribution >= 4 is 16.0 Å². The van der Waals surface area contributed by atoms with Crippen molar-refractivity contribution in [2.24, 2.45) is 0 Å².